The SMILES string of the molecule is C#Cc1cnc2ncnn2c1. The summed E-state index contributed by atoms with van der Waals surface area (Å²) in [4.78, 5) is 7.83. The van der Waals surface area contributed by atoms with Crippen molar-refractivity contribution >= 4 is 5.78 Å². The second-order valence-corrected chi connectivity index (χ2v) is 1.99. The van der Waals surface area contributed by atoms with Gasteiger partial charge in [0.15, 0.2) is 0 Å². The van der Waals surface area contributed by atoms with Gasteiger partial charge in [-0.1, -0.05) is 5.92 Å². The van der Waals surface area contributed by atoms with Crippen molar-refractivity contribution in [3.63, 3.8) is 0 Å². The molecule has 11 heavy (non-hydrogen) atoms. The maximum absolute atomic E-state index is 5.16. The van der Waals surface area contributed by atoms with Crippen molar-refractivity contribution in [3.8, 4) is 12.3 Å². The number of rotatable bonds is 0. The van der Waals surface area contributed by atoms with Crippen LogP contribution in [0.3, 0.4) is 0 Å². The van der Waals surface area contributed by atoms with Crippen molar-refractivity contribution in [3.05, 3.63) is 24.3 Å². The van der Waals surface area contributed by atoms with E-state index in [-0.39, 0.29) is 0 Å². The highest BCUT2D eigenvalue weighted by molar-refractivity contribution is 5.33. The number of fused-ring (bicyclic) bond motifs is 1. The first-order valence-electron chi connectivity index (χ1n) is 3.02. The number of nitrogens with zero attached hydrogens (tertiary/aromatic N) is 4. The third kappa shape index (κ3) is 0.829. The van der Waals surface area contributed by atoms with E-state index in [1.807, 2.05) is 0 Å². The van der Waals surface area contributed by atoms with Crippen LogP contribution in [-0.2, 0) is 0 Å². The molecule has 0 amide bonds. The standard InChI is InChI=1S/C7H4N4/c1-2-6-3-8-7-9-5-10-11(7)4-6/h1,3-5H. The fourth-order valence-electron chi connectivity index (χ4n) is 0.794. The summed E-state index contributed by atoms with van der Waals surface area (Å²) in [5.41, 5.74) is 0.697. The lowest BCUT2D eigenvalue weighted by Gasteiger charge is -1.89. The van der Waals surface area contributed by atoms with E-state index >= 15 is 0 Å². The fraction of sp³-hybridized carbons (Fsp3) is 0. The van der Waals surface area contributed by atoms with Gasteiger partial charge >= 0.3 is 0 Å². The second kappa shape index (κ2) is 2.06. The molecule has 0 aliphatic rings. The second-order valence-electron chi connectivity index (χ2n) is 1.99. The van der Waals surface area contributed by atoms with E-state index in [1.165, 1.54) is 10.8 Å². The van der Waals surface area contributed by atoms with Crippen LogP contribution in [0.25, 0.3) is 5.78 Å². The quantitative estimate of drug-likeness (QED) is 0.493. The first-order valence-corrected chi connectivity index (χ1v) is 3.02. The van der Waals surface area contributed by atoms with Crippen LogP contribution < -0.4 is 0 Å². The van der Waals surface area contributed by atoms with Gasteiger partial charge in [-0.3, -0.25) is 0 Å². The zero-order chi connectivity index (χ0) is 7.68. The van der Waals surface area contributed by atoms with Crippen LogP contribution in [0, 0.1) is 12.3 Å². The van der Waals surface area contributed by atoms with Crippen LogP contribution in [0.5, 0.6) is 0 Å². The molecule has 2 aromatic rings. The third-order valence-corrected chi connectivity index (χ3v) is 1.30. The Balaban J connectivity index is 2.79. The van der Waals surface area contributed by atoms with Crippen molar-refractivity contribution in [2.24, 2.45) is 0 Å². The molecule has 0 spiro atoms. The van der Waals surface area contributed by atoms with E-state index in [1.54, 1.807) is 12.4 Å². The van der Waals surface area contributed by atoms with Gasteiger partial charge in [0.05, 0.1) is 5.56 Å². The zero-order valence-electron chi connectivity index (χ0n) is 5.60. The molecule has 0 aromatic carbocycles. The van der Waals surface area contributed by atoms with E-state index in [0.29, 0.717) is 11.3 Å². The number of terminal acetylenes is 1. The van der Waals surface area contributed by atoms with Gasteiger partial charge in [-0.05, 0) is 0 Å². The maximum atomic E-state index is 5.16. The number of hydrogen-bond donors (Lipinski definition) is 0. The van der Waals surface area contributed by atoms with Gasteiger partial charge in [-0.15, -0.1) is 6.42 Å². The monoisotopic (exact) mass is 144 g/mol. The molecular weight excluding hydrogens is 140 g/mol. The van der Waals surface area contributed by atoms with Crippen molar-refractivity contribution in [2.75, 3.05) is 0 Å². The summed E-state index contributed by atoms with van der Waals surface area (Å²) in [7, 11) is 0. The van der Waals surface area contributed by atoms with Crippen LogP contribution >= 0.6 is 0 Å². The molecular formula is C7H4N4. The average molecular weight is 144 g/mol. The van der Waals surface area contributed by atoms with E-state index < -0.39 is 0 Å². The highest BCUT2D eigenvalue weighted by Crippen LogP contribution is 1.95. The molecule has 0 aliphatic carbocycles. The van der Waals surface area contributed by atoms with Crippen molar-refractivity contribution in [1.82, 2.24) is 19.6 Å². The Morgan fingerprint density at radius 2 is 2.36 bits per heavy atom. The Labute approximate surface area is 62.9 Å². The average Bonchev–Trinajstić information content (AvgIpc) is 2.50. The molecule has 0 saturated heterocycles. The predicted molar refractivity (Wildman–Crippen MR) is 38.7 cm³/mol. The zero-order valence-corrected chi connectivity index (χ0v) is 5.60. The van der Waals surface area contributed by atoms with E-state index in [9.17, 15) is 0 Å². The van der Waals surface area contributed by atoms with Gasteiger partial charge in [0.1, 0.15) is 6.33 Å². The highest BCUT2D eigenvalue weighted by Gasteiger charge is 1.94. The minimum Gasteiger partial charge on any atom is -0.218 e. The Bertz CT molecular complexity index is 423. The van der Waals surface area contributed by atoms with Crippen molar-refractivity contribution in [2.45, 2.75) is 0 Å². The summed E-state index contributed by atoms with van der Waals surface area (Å²) >= 11 is 0. The topological polar surface area (TPSA) is 43.1 Å². The Morgan fingerprint density at radius 3 is 3.18 bits per heavy atom. The smallest absolute Gasteiger partial charge is 0.218 e. The molecule has 0 fully saturated rings. The molecule has 0 aliphatic heterocycles. The van der Waals surface area contributed by atoms with Gasteiger partial charge in [-0.2, -0.15) is 10.1 Å². The first kappa shape index (κ1) is 5.86. The normalized spacial score (nSPS) is 9.73. The van der Waals surface area contributed by atoms with Crippen LogP contribution in [0.4, 0.5) is 0 Å². The van der Waals surface area contributed by atoms with Gasteiger partial charge in [0.2, 0.25) is 0 Å². The van der Waals surface area contributed by atoms with Gasteiger partial charge in [0.25, 0.3) is 5.78 Å². The maximum Gasteiger partial charge on any atom is 0.252 e. The first-order chi connectivity index (χ1) is 5.40. The third-order valence-electron chi connectivity index (χ3n) is 1.30. The molecule has 4 nitrogen and oxygen atoms in total. The minimum atomic E-state index is 0.559. The van der Waals surface area contributed by atoms with Crippen LogP contribution in [0.1, 0.15) is 5.56 Å². The number of hydrogen-bond acceptors (Lipinski definition) is 3. The molecule has 4 heteroatoms. The Morgan fingerprint density at radius 1 is 1.45 bits per heavy atom. The minimum absolute atomic E-state index is 0.559. The molecule has 0 atom stereocenters. The fourth-order valence-corrected chi connectivity index (χ4v) is 0.794. The molecule has 0 unspecified atom stereocenters. The van der Waals surface area contributed by atoms with Gasteiger partial charge in [0, 0.05) is 12.4 Å². The van der Waals surface area contributed by atoms with Crippen LogP contribution in [-0.4, -0.2) is 19.6 Å². The lowest BCUT2D eigenvalue weighted by atomic mass is 10.4. The molecule has 52 valence electrons. The van der Waals surface area contributed by atoms with E-state index in [2.05, 4.69) is 21.0 Å². The van der Waals surface area contributed by atoms with Gasteiger partial charge < -0.3 is 0 Å². The van der Waals surface area contributed by atoms with Crippen molar-refractivity contribution in [1.29, 1.82) is 0 Å². The van der Waals surface area contributed by atoms with Crippen LogP contribution in [0.15, 0.2) is 18.7 Å². The van der Waals surface area contributed by atoms with Crippen LogP contribution in [0.2, 0.25) is 0 Å². The molecule has 2 aromatic heterocycles. The summed E-state index contributed by atoms with van der Waals surface area (Å²) in [5.74, 6) is 3.02. The molecule has 0 N–H and O–H groups in total. The lowest BCUT2D eigenvalue weighted by Crippen LogP contribution is -1.91. The predicted octanol–water partition coefficient (Wildman–Crippen LogP) is 0.106. The summed E-state index contributed by atoms with van der Waals surface area (Å²) < 4.78 is 1.54. The highest BCUT2D eigenvalue weighted by atomic mass is 15.3. The summed E-state index contributed by atoms with van der Waals surface area (Å²) in [6.45, 7) is 0. The number of aromatic nitrogens is 4. The largest absolute Gasteiger partial charge is 0.252 e. The molecule has 0 saturated carbocycles. The Hall–Kier alpha value is -1.89. The summed E-state index contributed by atoms with van der Waals surface area (Å²) in [5, 5.41) is 3.87. The van der Waals surface area contributed by atoms with Crippen molar-refractivity contribution < 1.29 is 0 Å². The molecule has 2 rings (SSSR count). The van der Waals surface area contributed by atoms with E-state index in [0.717, 1.165) is 0 Å². The Kier molecular flexibility index (Phi) is 1.10. The molecule has 2 heterocycles. The molecule has 0 radical (unpaired) electrons. The molecule has 0 bridgehead atoms. The summed E-state index contributed by atoms with van der Waals surface area (Å²) in [6.07, 6.45) is 9.88. The van der Waals surface area contributed by atoms with E-state index in [4.69, 9.17) is 6.42 Å². The van der Waals surface area contributed by atoms with Gasteiger partial charge in [-0.25, -0.2) is 9.50 Å². The summed E-state index contributed by atoms with van der Waals surface area (Å²) in [6, 6.07) is 0. The lowest BCUT2D eigenvalue weighted by molar-refractivity contribution is 0.935.